The van der Waals surface area contributed by atoms with Crippen molar-refractivity contribution in [3.05, 3.63) is 58.1 Å². The van der Waals surface area contributed by atoms with Crippen LogP contribution in [-0.2, 0) is 16.0 Å². The first-order valence-corrected chi connectivity index (χ1v) is 11.8. The summed E-state index contributed by atoms with van der Waals surface area (Å²) in [5.41, 5.74) is 1.28. The molecule has 2 aromatic carbocycles. The van der Waals surface area contributed by atoms with Crippen LogP contribution in [0.3, 0.4) is 0 Å². The summed E-state index contributed by atoms with van der Waals surface area (Å²) in [5.74, 6) is -1.51. The molecule has 10 nitrogen and oxygen atoms in total. The third-order valence-corrected chi connectivity index (χ3v) is 6.54. The molecule has 1 fully saturated rings. The Kier molecular flexibility index (Phi) is 8.48. The Bertz CT molecular complexity index is 1080. The number of anilines is 2. The smallest absolute Gasteiger partial charge is 0.408 e. The Morgan fingerprint density at radius 1 is 1.03 bits per heavy atom. The number of carboxylic acid groups (broad SMARTS) is 2. The highest BCUT2D eigenvalue weighted by molar-refractivity contribution is 7.99. The van der Waals surface area contributed by atoms with Crippen LogP contribution in [0.5, 0.6) is 0 Å². The average molecular weight is 527 g/mol. The fourth-order valence-electron chi connectivity index (χ4n) is 3.17. The van der Waals surface area contributed by atoms with Crippen molar-refractivity contribution in [1.82, 2.24) is 10.2 Å². The van der Waals surface area contributed by atoms with Crippen LogP contribution in [0.4, 0.5) is 21.0 Å². The van der Waals surface area contributed by atoms with Gasteiger partial charge in [0.1, 0.15) is 12.1 Å². The lowest BCUT2D eigenvalue weighted by Crippen LogP contribution is -2.52. The monoisotopic (exact) mass is 526 g/mol. The van der Waals surface area contributed by atoms with Crippen molar-refractivity contribution < 1.29 is 29.4 Å². The van der Waals surface area contributed by atoms with E-state index in [9.17, 15) is 29.4 Å². The minimum Gasteiger partial charge on any atom is -0.480 e. The van der Waals surface area contributed by atoms with E-state index in [1.807, 2.05) is 0 Å². The van der Waals surface area contributed by atoms with Crippen LogP contribution in [0.2, 0.25) is 10.0 Å². The zero-order chi connectivity index (χ0) is 24.8. The maximum Gasteiger partial charge on any atom is 0.408 e. The lowest BCUT2D eigenvalue weighted by Gasteiger charge is -2.22. The molecule has 3 rings (SSSR count). The number of aliphatic carboxylic acids is 1. The second kappa shape index (κ2) is 11.3. The Hall–Kier alpha value is -3.15. The predicted octanol–water partition coefficient (Wildman–Crippen LogP) is 3.80. The number of para-hydroxylation sites is 1. The number of rotatable bonds is 7. The molecule has 2 atom stereocenters. The van der Waals surface area contributed by atoms with E-state index >= 15 is 0 Å². The molecule has 0 aromatic heterocycles. The van der Waals surface area contributed by atoms with Crippen molar-refractivity contribution in [3.63, 3.8) is 0 Å². The molecule has 34 heavy (non-hydrogen) atoms. The number of hydrogen-bond acceptors (Lipinski definition) is 5. The topological polar surface area (TPSA) is 148 Å². The van der Waals surface area contributed by atoms with Gasteiger partial charge in [-0.25, -0.2) is 14.4 Å². The zero-order valence-electron chi connectivity index (χ0n) is 17.5. The lowest BCUT2D eigenvalue weighted by molar-refractivity contribution is -0.142. The van der Waals surface area contributed by atoms with Gasteiger partial charge in [-0.3, -0.25) is 9.69 Å². The van der Waals surface area contributed by atoms with Crippen LogP contribution in [0.15, 0.2) is 42.5 Å². The minimum absolute atomic E-state index is 0.0320. The first kappa shape index (κ1) is 25.5. The number of urea groups is 1. The van der Waals surface area contributed by atoms with Gasteiger partial charge in [0.2, 0.25) is 5.91 Å². The van der Waals surface area contributed by atoms with Crippen molar-refractivity contribution in [2.75, 3.05) is 22.3 Å². The number of nitrogens with zero attached hydrogens (tertiary/aromatic N) is 1. The van der Waals surface area contributed by atoms with Crippen LogP contribution < -0.4 is 16.0 Å². The molecule has 2 aromatic rings. The highest BCUT2D eigenvalue weighted by Crippen LogP contribution is 2.30. The van der Waals surface area contributed by atoms with Gasteiger partial charge in [-0.15, -0.1) is 11.8 Å². The van der Waals surface area contributed by atoms with Crippen LogP contribution in [-0.4, -0.2) is 62.8 Å². The number of carbonyl (C=O) groups is 4. The van der Waals surface area contributed by atoms with Crippen LogP contribution in [0.1, 0.15) is 5.56 Å². The fourth-order valence-corrected chi connectivity index (χ4v) is 4.81. The molecule has 5 N–H and O–H groups in total. The molecule has 13 heteroatoms. The van der Waals surface area contributed by atoms with Gasteiger partial charge in [-0.1, -0.05) is 41.4 Å². The van der Waals surface area contributed by atoms with Crippen LogP contribution >= 0.6 is 35.0 Å². The van der Waals surface area contributed by atoms with Gasteiger partial charge in [0.15, 0.2) is 0 Å². The molecule has 180 valence electrons. The van der Waals surface area contributed by atoms with E-state index in [2.05, 4.69) is 16.0 Å². The number of halogens is 2. The second-order valence-corrected chi connectivity index (χ2v) is 9.06. The van der Waals surface area contributed by atoms with Gasteiger partial charge in [0.25, 0.3) is 0 Å². The number of carboxylic acids is 1. The summed E-state index contributed by atoms with van der Waals surface area (Å²) in [6.07, 6.45) is -1.27. The average Bonchev–Trinajstić information content (AvgIpc) is 3.28. The quantitative estimate of drug-likeness (QED) is 0.368. The maximum atomic E-state index is 12.5. The normalized spacial score (nSPS) is 15.9. The van der Waals surface area contributed by atoms with Gasteiger partial charge >= 0.3 is 18.1 Å². The molecule has 0 radical (unpaired) electrons. The largest absolute Gasteiger partial charge is 0.480 e. The molecule has 4 amide bonds. The summed E-state index contributed by atoms with van der Waals surface area (Å²) in [7, 11) is 0. The van der Waals surface area contributed by atoms with Crippen LogP contribution in [0.25, 0.3) is 0 Å². The number of hydrogen-bond donors (Lipinski definition) is 5. The third-order valence-electron chi connectivity index (χ3n) is 4.90. The van der Waals surface area contributed by atoms with E-state index in [1.165, 1.54) is 11.8 Å². The molecular formula is C21H20Cl2N4O6S. The fraction of sp³-hybridized carbons (Fsp3) is 0.238. The predicted molar refractivity (Wildman–Crippen MR) is 130 cm³/mol. The maximum absolute atomic E-state index is 12.5. The van der Waals surface area contributed by atoms with E-state index in [0.717, 1.165) is 4.90 Å². The summed E-state index contributed by atoms with van der Waals surface area (Å²) in [5, 5.41) is 26.9. The number of amides is 4. The van der Waals surface area contributed by atoms with E-state index < -0.39 is 36.1 Å². The summed E-state index contributed by atoms with van der Waals surface area (Å²) < 4.78 is 0. The molecule has 0 aliphatic carbocycles. The summed E-state index contributed by atoms with van der Waals surface area (Å²) >= 11 is 13.3. The molecule has 0 saturated carbocycles. The molecular weight excluding hydrogens is 507 g/mol. The van der Waals surface area contributed by atoms with E-state index in [-0.39, 0.29) is 33.8 Å². The van der Waals surface area contributed by atoms with Gasteiger partial charge in [-0.05, 0) is 29.8 Å². The highest BCUT2D eigenvalue weighted by Gasteiger charge is 2.36. The van der Waals surface area contributed by atoms with Crippen molar-refractivity contribution >= 4 is 70.3 Å². The first-order valence-electron chi connectivity index (χ1n) is 9.87. The lowest BCUT2D eigenvalue weighted by atomic mass is 10.0. The molecule has 1 saturated heterocycles. The number of carbonyl (C=O) groups excluding carboxylic acids is 2. The standard InChI is InChI=1S/C21H20Cl2N4O6S/c22-13-2-1-3-14(23)17(13)26-20(31)24-12-6-4-11(5-7-12)8-15(19(29)30)25-18(28)16-9-34-10-27(16)21(32)33/h1-7,15-16H,8-10H2,(H,25,28)(H,29,30)(H,32,33)(H2,24,26,31)/t15-,16+/m0/s1. The van der Waals surface area contributed by atoms with Crippen molar-refractivity contribution in [1.29, 1.82) is 0 Å². The summed E-state index contributed by atoms with van der Waals surface area (Å²) in [6.45, 7) is 0. The van der Waals surface area contributed by atoms with Gasteiger partial charge in [0.05, 0.1) is 21.6 Å². The van der Waals surface area contributed by atoms with Gasteiger partial charge in [-0.2, -0.15) is 0 Å². The van der Waals surface area contributed by atoms with Crippen LogP contribution in [0, 0.1) is 0 Å². The number of nitrogens with one attached hydrogen (secondary N) is 3. The van der Waals surface area contributed by atoms with Crippen molar-refractivity contribution in [3.8, 4) is 0 Å². The summed E-state index contributed by atoms with van der Waals surface area (Å²) in [6, 6.07) is 8.40. The first-order chi connectivity index (χ1) is 16.2. The molecule has 1 aliphatic rings. The molecule has 0 unspecified atom stereocenters. The summed E-state index contributed by atoms with van der Waals surface area (Å²) in [4.78, 5) is 48.6. The Morgan fingerprint density at radius 3 is 2.26 bits per heavy atom. The van der Waals surface area contributed by atoms with Crippen molar-refractivity contribution in [2.24, 2.45) is 0 Å². The Morgan fingerprint density at radius 2 is 1.68 bits per heavy atom. The van der Waals surface area contributed by atoms with E-state index in [1.54, 1.807) is 42.5 Å². The number of benzene rings is 2. The zero-order valence-corrected chi connectivity index (χ0v) is 19.8. The molecule has 1 aliphatic heterocycles. The molecule has 0 spiro atoms. The molecule has 1 heterocycles. The van der Waals surface area contributed by atoms with Crippen molar-refractivity contribution in [2.45, 2.75) is 18.5 Å². The third kappa shape index (κ3) is 6.46. The van der Waals surface area contributed by atoms with E-state index in [0.29, 0.717) is 11.3 Å². The van der Waals surface area contributed by atoms with Gasteiger partial charge < -0.3 is 26.2 Å². The van der Waals surface area contributed by atoms with E-state index in [4.69, 9.17) is 23.2 Å². The number of thioether (sulfide) groups is 1. The Labute approximate surface area is 208 Å². The highest BCUT2D eigenvalue weighted by atomic mass is 35.5. The molecule has 0 bridgehead atoms. The Balaban J connectivity index is 1.59. The second-order valence-electron chi connectivity index (χ2n) is 7.24. The SMILES string of the molecule is O=C(Nc1ccc(C[C@H](NC(=O)[C@H]2CSCN2C(=O)O)C(=O)O)cc1)Nc1c(Cl)cccc1Cl. The minimum atomic E-state index is -1.25. The van der Waals surface area contributed by atoms with Gasteiger partial charge in [0, 0.05) is 17.9 Å².